The smallest absolute Gasteiger partial charge is 0.317 e. The lowest BCUT2D eigenvalue weighted by Crippen LogP contribution is -2.52. The van der Waals surface area contributed by atoms with Crippen molar-refractivity contribution in [1.82, 2.24) is 10.2 Å². The van der Waals surface area contributed by atoms with Gasteiger partial charge in [0.25, 0.3) is 0 Å². The summed E-state index contributed by atoms with van der Waals surface area (Å²) < 4.78 is 11.1. The van der Waals surface area contributed by atoms with E-state index in [-0.39, 0.29) is 6.03 Å². The zero-order valence-corrected chi connectivity index (χ0v) is 16.7. The van der Waals surface area contributed by atoms with E-state index in [0.29, 0.717) is 26.2 Å². The molecule has 0 unspecified atom stereocenters. The molecule has 1 aliphatic rings. The van der Waals surface area contributed by atoms with Crippen LogP contribution in [0, 0.1) is 6.92 Å². The molecular weight excluding hydrogens is 354 g/mol. The van der Waals surface area contributed by atoms with Crippen molar-refractivity contribution in [2.45, 2.75) is 13.3 Å². The minimum atomic E-state index is -0.00462. The third-order valence-corrected chi connectivity index (χ3v) is 4.88. The van der Waals surface area contributed by atoms with Crippen molar-refractivity contribution in [3.8, 4) is 11.5 Å². The van der Waals surface area contributed by atoms with Crippen molar-refractivity contribution < 1.29 is 14.3 Å². The molecule has 0 spiro atoms. The van der Waals surface area contributed by atoms with Gasteiger partial charge in [0.15, 0.2) is 0 Å². The molecule has 150 valence electrons. The molecule has 0 bridgehead atoms. The van der Waals surface area contributed by atoms with Gasteiger partial charge in [-0.3, -0.25) is 0 Å². The minimum Gasteiger partial charge on any atom is -0.495 e. The first-order chi connectivity index (χ1) is 13.7. The van der Waals surface area contributed by atoms with Crippen LogP contribution in [0.4, 0.5) is 10.5 Å². The first kappa shape index (κ1) is 19.9. The maximum atomic E-state index is 12.4. The monoisotopic (exact) mass is 383 g/mol. The molecule has 6 heteroatoms. The van der Waals surface area contributed by atoms with Gasteiger partial charge in [-0.2, -0.15) is 0 Å². The highest BCUT2D eigenvalue weighted by Crippen LogP contribution is 2.28. The summed E-state index contributed by atoms with van der Waals surface area (Å²) in [4.78, 5) is 16.5. The van der Waals surface area contributed by atoms with Crippen molar-refractivity contribution in [3.63, 3.8) is 0 Å². The number of piperazine rings is 1. The number of nitrogens with one attached hydrogen (secondary N) is 1. The molecule has 2 aromatic rings. The fourth-order valence-electron chi connectivity index (χ4n) is 3.25. The molecule has 1 aliphatic heterocycles. The van der Waals surface area contributed by atoms with Gasteiger partial charge >= 0.3 is 6.03 Å². The molecule has 1 fully saturated rings. The summed E-state index contributed by atoms with van der Waals surface area (Å²) in [7, 11) is 1.69. The summed E-state index contributed by atoms with van der Waals surface area (Å²) in [6.07, 6.45) is 0.779. The Morgan fingerprint density at radius 2 is 1.75 bits per heavy atom. The number of benzene rings is 2. The first-order valence-corrected chi connectivity index (χ1v) is 9.77. The SMILES string of the molecule is COc1ccccc1N1CCN(C(=O)NCCCOc2ccc(C)cc2)CC1. The van der Waals surface area contributed by atoms with Gasteiger partial charge in [0.2, 0.25) is 0 Å². The fourth-order valence-corrected chi connectivity index (χ4v) is 3.25. The molecule has 28 heavy (non-hydrogen) atoms. The average Bonchev–Trinajstić information content (AvgIpc) is 2.74. The van der Waals surface area contributed by atoms with Gasteiger partial charge in [0.1, 0.15) is 11.5 Å². The Bertz CT molecular complexity index is 756. The Balaban J connectivity index is 1.35. The molecule has 6 nitrogen and oxygen atoms in total. The van der Waals surface area contributed by atoms with Crippen molar-refractivity contribution in [3.05, 3.63) is 54.1 Å². The molecule has 2 aromatic carbocycles. The van der Waals surface area contributed by atoms with E-state index in [4.69, 9.17) is 9.47 Å². The van der Waals surface area contributed by atoms with Crippen LogP contribution in [-0.4, -0.2) is 57.4 Å². The molecule has 2 amide bonds. The molecular formula is C22H29N3O3. The zero-order chi connectivity index (χ0) is 19.8. The third kappa shape index (κ3) is 5.31. The largest absolute Gasteiger partial charge is 0.495 e. The quantitative estimate of drug-likeness (QED) is 0.746. The molecule has 0 aromatic heterocycles. The van der Waals surface area contributed by atoms with E-state index in [1.165, 1.54) is 5.56 Å². The third-order valence-electron chi connectivity index (χ3n) is 4.88. The topological polar surface area (TPSA) is 54.0 Å². The van der Waals surface area contributed by atoms with Crippen LogP contribution in [0.1, 0.15) is 12.0 Å². The number of hydrogen-bond acceptors (Lipinski definition) is 4. The van der Waals surface area contributed by atoms with E-state index >= 15 is 0 Å². The van der Waals surface area contributed by atoms with Crippen molar-refractivity contribution in [2.75, 3.05) is 51.3 Å². The summed E-state index contributed by atoms with van der Waals surface area (Å²) >= 11 is 0. The van der Waals surface area contributed by atoms with Gasteiger partial charge in [-0.1, -0.05) is 29.8 Å². The molecule has 0 atom stereocenters. The summed E-state index contributed by atoms with van der Waals surface area (Å²) in [5, 5.41) is 2.99. The lowest BCUT2D eigenvalue weighted by molar-refractivity contribution is 0.193. The van der Waals surface area contributed by atoms with Gasteiger partial charge in [0.05, 0.1) is 19.4 Å². The number of methoxy groups -OCH3 is 1. The second-order valence-corrected chi connectivity index (χ2v) is 6.89. The average molecular weight is 383 g/mol. The van der Waals surface area contributed by atoms with Crippen molar-refractivity contribution >= 4 is 11.7 Å². The zero-order valence-electron chi connectivity index (χ0n) is 16.7. The second-order valence-electron chi connectivity index (χ2n) is 6.89. The lowest BCUT2D eigenvalue weighted by Gasteiger charge is -2.36. The summed E-state index contributed by atoms with van der Waals surface area (Å²) in [6.45, 7) is 6.24. The maximum absolute atomic E-state index is 12.4. The number of carbonyl (C=O) groups excluding carboxylic acids is 1. The Hall–Kier alpha value is -2.89. The number of para-hydroxylation sites is 2. The van der Waals surface area contributed by atoms with Crippen LogP contribution in [0.5, 0.6) is 11.5 Å². The first-order valence-electron chi connectivity index (χ1n) is 9.77. The number of ether oxygens (including phenoxy) is 2. The molecule has 1 heterocycles. The Labute approximate surface area is 167 Å². The van der Waals surface area contributed by atoms with Crippen molar-refractivity contribution in [2.24, 2.45) is 0 Å². The predicted molar refractivity (Wildman–Crippen MR) is 111 cm³/mol. The Kier molecular flexibility index (Phi) is 7.00. The normalized spacial score (nSPS) is 13.9. The van der Waals surface area contributed by atoms with Crippen LogP contribution in [0.3, 0.4) is 0 Å². The number of nitrogens with zero attached hydrogens (tertiary/aromatic N) is 2. The van der Waals surface area contributed by atoms with Crippen LogP contribution < -0.4 is 19.7 Å². The minimum absolute atomic E-state index is 0.00462. The number of urea groups is 1. The van der Waals surface area contributed by atoms with E-state index in [1.54, 1.807) is 7.11 Å². The van der Waals surface area contributed by atoms with E-state index < -0.39 is 0 Å². The summed E-state index contributed by atoms with van der Waals surface area (Å²) in [6, 6.07) is 16.0. The van der Waals surface area contributed by atoms with Crippen LogP contribution in [0.15, 0.2) is 48.5 Å². The van der Waals surface area contributed by atoms with Gasteiger partial charge in [-0.25, -0.2) is 4.79 Å². The Morgan fingerprint density at radius 3 is 2.46 bits per heavy atom. The van der Waals surface area contributed by atoms with E-state index in [9.17, 15) is 4.79 Å². The van der Waals surface area contributed by atoms with Crippen molar-refractivity contribution in [1.29, 1.82) is 0 Å². The lowest BCUT2D eigenvalue weighted by atomic mass is 10.2. The maximum Gasteiger partial charge on any atom is 0.317 e. The number of hydrogen-bond donors (Lipinski definition) is 1. The van der Waals surface area contributed by atoms with E-state index in [2.05, 4.69) is 23.2 Å². The van der Waals surface area contributed by atoms with Crippen LogP contribution in [0.25, 0.3) is 0 Å². The summed E-state index contributed by atoms with van der Waals surface area (Å²) in [5.41, 5.74) is 2.30. The molecule has 1 saturated heterocycles. The van der Waals surface area contributed by atoms with Gasteiger partial charge in [-0.15, -0.1) is 0 Å². The number of rotatable bonds is 7. The van der Waals surface area contributed by atoms with Gasteiger partial charge in [-0.05, 0) is 37.6 Å². The number of aryl methyl sites for hydroxylation is 1. The molecule has 0 saturated carbocycles. The van der Waals surface area contributed by atoms with Crippen LogP contribution in [0.2, 0.25) is 0 Å². The number of amides is 2. The molecule has 1 N–H and O–H groups in total. The Morgan fingerprint density at radius 1 is 1.04 bits per heavy atom. The highest BCUT2D eigenvalue weighted by Gasteiger charge is 2.22. The van der Waals surface area contributed by atoms with Crippen LogP contribution in [-0.2, 0) is 0 Å². The van der Waals surface area contributed by atoms with E-state index in [0.717, 1.165) is 36.7 Å². The van der Waals surface area contributed by atoms with Gasteiger partial charge in [0, 0.05) is 32.7 Å². The second kappa shape index (κ2) is 9.88. The highest BCUT2D eigenvalue weighted by molar-refractivity contribution is 5.74. The molecule has 0 aliphatic carbocycles. The van der Waals surface area contributed by atoms with E-state index in [1.807, 2.05) is 47.4 Å². The number of anilines is 1. The molecule has 0 radical (unpaired) electrons. The predicted octanol–water partition coefficient (Wildman–Crippen LogP) is 3.30. The number of carbonyl (C=O) groups is 1. The fraction of sp³-hybridized carbons (Fsp3) is 0.409. The van der Waals surface area contributed by atoms with Gasteiger partial charge < -0.3 is 24.6 Å². The standard InChI is InChI=1S/C22H29N3O3/c1-18-8-10-19(11-9-18)28-17-5-12-23-22(26)25-15-13-24(14-16-25)20-6-3-4-7-21(20)27-2/h3-4,6-11H,5,12-17H2,1-2H3,(H,23,26). The molecule has 3 rings (SSSR count). The summed E-state index contributed by atoms with van der Waals surface area (Å²) in [5.74, 6) is 1.73. The van der Waals surface area contributed by atoms with Crippen LogP contribution >= 0.6 is 0 Å². The highest BCUT2D eigenvalue weighted by atomic mass is 16.5.